The number of hydrogen-bond acceptors (Lipinski definition) is 5. The largest absolute Gasteiger partial charge is 0.493 e. The first-order chi connectivity index (χ1) is 10.2. The predicted octanol–water partition coefficient (Wildman–Crippen LogP) is 1.50. The van der Waals surface area contributed by atoms with Crippen molar-refractivity contribution < 1.29 is 19.3 Å². The Balaban J connectivity index is 1.74. The molecule has 0 fully saturated rings. The molecular weight excluding hydrogens is 338 g/mol. The lowest BCUT2D eigenvalue weighted by Crippen LogP contribution is -2.30. The van der Waals surface area contributed by atoms with Gasteiger partial charge in [-0.2, -0.15) is 0 Å². The van der Waals surface area contributed by atoms with Gasteiger partial charge in [0, 0.05) is 36.7 Å². The summed E-state index contributed by atoms with van der Waals surface area (Å²) in [7, 11) is 1.62. The summed E-state index contributed by atoms with van der Waals surface area (Å²) in [6, 6.07) is 4.16. The maximum atomic E-state index is 9.81. The molecule has 6 heteroatoms. The topological polar surface area (TPSA) is 60.0 Å². The van der Waals surface area contributed by atoms with Crippen molar-refractivity contribution >= 4 is 15.9 Å². The Labute approximate surface area is 133 Å². The third kappa shape index (κ3) is 5.23. The van der Waals surface area contributed by atoms with Crippen LogP contribution in [0, 0.1) is 0 Å². The predicted molar refractivity (Wildman–Crippen MR) is 83.7 cm³/mol. The lowest BCUT2D eigenvalue weighted by Gasteiger charge is -2.14. The normalized spacial score (nSPS) is 14.8. The highest BCUT2D eigenvalue weighted by Gasteiger charge is 2.17. The third-order valence-electron chi connectivity index (χ3n) is 3.26. The Hall–Kier alpha value is -0.660. The zero-order chi connectivity index (χ0) is 15.1. The van der Waals surface area contributed by atoms with Crippen molar-refractivity contribution in [2.45, 2.75) is 19.1 Å². The highest BCUT2D eigenvalue weighted by atomic mass is 79.9. The molecule has 0 radical (unpaired) electrons. The minimum Gasteiger partial charge on any atom is -0.493 e. The number of ether oxygens (including phenoxy) is 3. The van der Waals surface area contributed by atoms with Gasteiger partial charge in [-0.3, -0.25) is 0 Å². The van der Waals surface area contributed by atoms with Crippen LogP contribution in [0.5, 0.6) is 5.75 Å². The van der Waals surface area contributed by atoms with Crippen LogP contribution < -0.4 is 10.1 Å². The minimum absolute atomic E-state index is 0.309. The van der Waals surface area contributed by atoms with Crippen LogP contribution in [0.3, 0.4) is 0 Å². The van der Waals surface area contributed by atoms with Crippen LogP contribution in [0.4, 0.5) is 0 Å². The van der Waals surface area contributed by atoms with Gasteiger partial charge in [0.15, 0.2) is 0 Å². The summed E-state index contributed by atoms with van der Waals surface area (Å²) in [5.74, 6) is 0.983. The second-order valence-corrected chi connectivity index (χ2v) is 5.92. The number of benzene rings is 1. The van der Waals surface area contributed by atoms with Crippen molar-refractivity contribution in [1.82, 2.24) is 5.32 Å². The summed E-state index contributed by atoms with van der Waals surface area (Å²) in [6.45, 7) is 3.24. The van der Waals surface area contributed by atoms with Gasteiger partial charge in [0.1, 0.15) is 5.75 Å². The summed E-state index contributed by atoms with van der Waals surface area (Å²) in [6.07, 6.45) is 0.431. The molecule has 5 nitrogen and oxygen atoms in total. The number of methoxy groups -OCH3 is 1. The van der Waals surface area contributed by atoms with Crippen LogP contribution in [0.1, 0.15) is 11.1 Å². The molecule has 1 heterocycles. The number of nitrogens with one attached hydrogen (secondary N) is 1. The molecule has 1 aromatic carbocycles. The molecular formula is C15H22BrNO4. The Morgan fingerprint density at radius 3 is 3.10 bits per heavy atom. The summed E-state index contributed by atoms with van der Waals surface area (Å²) in [5.41, 5.74) is 2.36. The van der Waals surface area contributed by atoms with E-state index in [2.05, 4.69) is 33.4 Å². The van der Waals surface area contributed by atoms with Gasteiger partial charge in [-0.05, 0) is 17.7 Å². The molecule has 1 aliphatic heterocycles. The molecule has 1 aliphatic rings. The van der Waals surface area contributed by atoms with Gasteiger partial charge in [-0.25, -0.2) is 0 Å². The number of fused-ring (bicyclic) bond motifs is 1. The number of rotatable bonds is 9. The monoisotopic (exact) mass is 359 g/mol. The van der Waals surface area contributed by atoms with Gasteiger partial charge in [0.25, 0.3) is 0 Å². The fourth-order valence-electron chi connectivity index (χ4n) is 2.27. The van der Waals surface area contributed by atoms with Crippen molar-refractivity contribution in [1.29, 1.82) is 0 Å². The molecule has 118 valence electrons. The molecule has 2 N–H and O–H groups in total. The average molecular weight is 360 g/mol. The van der Waals surface area contributed by atoms with E-state index in [0.29, 0.717) is 32.9 Å². The Morgan fingerprint density at radius 2 is 2.29 bits per heavy atom. The number of halogens is 1. The second-order valence-electron chi connectivity index (χ2n) is 5.00. The maximum absolute atomic E-state index is 9.81. The SMILES string of the molecule is COCCOCC(O)CNCc1cc(Br)cc2c1OCC2. The van der Waals surface area contributed by atoms with Crippen molar-refractivity contribution in [3.05, 3.63) is 27.7 Å². The Morgan fingerprint density at radius 1 is 1.43 bits per heavy atom. The fourth-order valence-corrected chi connectivity index (χ4v) is 2.82. The molecule has 1 atom stereocenters. The minimum atomic E-state index is -0.525. The van der Waals surface area contributed by atoms with Crippen molar-refractivity contribution in [3.63, 3.8) is 0 Å². The zero-order valence-corrected chi connectivity index (χ0v) is 13.8. The van der Waals surface area contributed by atoms with Gasteiger partial charge in [0.05, 0.1) is 32.5 Å². The quantitative estimate of drug-likeness (QED) is 0.654. The number of hydrogen-bond donors (Lipinski definition) is 2. The number of aliphatic hydroxyl groups is 1. The van der Waals surface area contributed by atoms with E-state index in [1.165, 1.54) is 5.56 Å². The first-order valence-corrected chi connectivity index (χ1v) is 7.89. The van der Waals surface area contributed by atoms with Crippen LogP contribution in [0.2, 0.25) is 0 Å². The van der Waals surface area contributed by atoms with Gasteiger partial charge in [-0.1, -0.05) is 15.9 Å². The van der Waals surface area contributed by atoms with E-state index in [-0.39, 0.29) is 0 Å². The molecule has 0 saturated carbocycles. The Bertz CT molecular complexity index is 456. The molecule has 0 saturated heterocycles. The van der Waals surface area contributed by atoms with Crippen LogP contribution >= 0.6 is 15.9 Å². The summed E-state index contributed by atoms with van der Waals surface area (Å²) in [5, 5.41) is 13.0. The first kappa shape index (κ1) is 16.7. The molecule has 21 heavy (non-hydrogen) atoms. The fraction of sp³-hybridized carbons (Fsp3) is 0.600. The van der Waals surface area contributed by atoms with Crippen molar-refractivity contribution in [3.8, 4) is 5.75 Å². The van der Waals surface area contributed by atoms with Crippen LogP contribution in [-0.2, 0) is 22.4 Å². The molecule has 0 bridgehead atoms. The lowest BCUT2D eigenvalue weighted by atomic mass is 10.1. The Kier molecular flexibility index (Phi) is 6.92. The lowest BCUT2D eigenvalue weighted by molar-refractivity contribution is 0.0137. The van der Waals surface area contributed by atoms with Crippen LogP contribution in [0.15, 0.2) is 16.6 Å². The molecule has 2 rings (SSSR count). The van der Waals surface area contributed by atoms with Gasteiger partial charge in [-0.15, -0.1) is 0 Å². The molecule has 0 spiro atoms. The highest BCUT2D eigenvalue weighted by molar-refractivity contribution is 9.10. The van der Waals surface area contributed by atoms with E-state index >= 15 is 0 Å². The summed E-state index contributed by atoms with van der Waals surface area (Å²) >= 11 is 3.52. The van der Waals surface area contributed by atoms with Gasteiger partial charge >= 0.3 is 0 Å². The van der Waals surface area contributed by atoms with Crippen molar-refractivity contribution in [2.24, 2.45) is 0 Å². The van der Waals surface area contributed by atoms with Crippen LogP contribution in [0.25, 0.3) is 0 Å². The van der Waals surface area contributed by atoms with E-state index in [1.807, 2.05) is 0 Å². The second kappa shape index (κ2) is 8.70. The molecule has 0 aromatic heterocycles. The molecule has 0 aliphatic carbocycles. The molecule has 1 unspecified atom stereocenters. The van der Waals surface area contributed by atoms with E-state index in [0.717, 1.165) is 28.8 Å². The van der Waals surface area contributed by atoms with E-state index in [9.17, 15) is 5.11 Å². The molecule has 1 aromatic rings. The van der Waals surface area contributed by atoms with Gasteiger partial charge < -0.3 is 24.6 Å². The summed E-state index contributed by atoms with van der Waals surface area (Å²) in [4.78, 5) is 0. The maximum Gasteiger partial charge on any atom is 0.127 e. The standard InChI is InChI=1S/C15H22BrNO4/c1-19-4-5-20-10-14(18)9-17-8-12-7-13(16)6-11-2-3-21-15(11)12/h6-7,14,17-18H,2-5,8-10H2,1H3. The zero-order valence-electron chi connectivity index (χ0n) is 12.2. The van der Waals surface area contributed by atoms with E-state index < -0.39 is 6.10 Å². The average Bonchev–Trinajstić information content (AvgIpc) is 2.91. The highest BCUT2D eigenvalue weighted by Crippen LogP contribution is 2.32. The van der Waals surface area contributed by atoms with Crippen LogP contribution in [-0.4, -0.2) is 51.3 Å². The van der Waals surface area contributed by atoms with Gasteiger partial charge in [0.2, 0.25) is 0 Å². The third-order valence-corrected chi connectivity index (χ3v) is 3.72. The summed E-state index contributed by atoms with van der Waals surface area (Å²) < 4.78 is 16.9. The van der Waals surface area contributed by atoms with E-state index in [4.69, 9.17) is 14.2 Å². The van der Waals surface area contributed by atoms with Crippen molar-refractivity contribution in [2.75, 3.05) is 40.1 Å². The molecule has 0 amide bonds. The smallest absolute Gasteiger partial charge is 0.127 e. The number of aliphatic hydroxyl groups excluding tert-OH is 1. The van der Waals surface area contributed by atoms with E-state index in [1.54, 1.807) is 7.11 Å². The first-order valence-electron chi connectivity index (χ1n) is 7.10.